The molecule has 0 aliphatic rings. The fourth-order valence-corrected chi connectivity index (χ4v) is 2.03. The molecule has 102 valence electrons. The Bertz CT molecular complexity index is 570. The number of aromatic nitrogens is 5. The summed E-state index contributed by atoms with van der Waals surface area (Å²) in [5.74, 6) is 0.906. The van der Waals surface area contributed by atoms with Crippen molar-refractivity contribution in [1.29, 1.82) is 0 Å². The van der Waals surface area contributed by atoms with Crippen molar-refractivity contribution in [3.63, 3.8) is 0 Å². The summed E-state index contributed by atoms with van der Waals surface area (Å²) in [6.07, 6.45) is 0.929. The molecule has 0 fully saturated rings. The number of aryl methyl sites for hydroxylation is 1. The molecule has 19 heavy (non-hydrogen) atoms. The molecule has 0 saturated carbocycles. The summed E-state index contributed by atoms with van der Waals surface area (Å²) in [6.45, 7) is 6.10. The smallest absolute Gasteiger partial charge is 0.322 e. The van der Waals surface area contributed by atoms with Crippen LogP contribution < -0.4 is 10.1 Å². The topological polar surface area (TPSA) is 77.8 Å². The van der Waals surface area contributed by atoms with Crippen LogP contribution in [0, 0.1) is 13.8 Å². The second-order valence-electron chi connectivity index (χ2n) is 4.11. The molecule has 0 amide bonds. The second kappa shape index (κ2) is 5.21. The van der Waals surface area contributed by atoms with Gasteiger partial charge in [0.25, 0.3) is 5.95 Å². The van der Waals surface area contributed by atoms with Gasteiger partial charge in [0.05, 0.1) is 12.8 Å². The highest BCUT2D eigenvalue weighted by Gasteiger charge is 2.15. The van der Waals surface area contributed by atoms with E-state index in [1.807, 2.05) is 13.8 Å². The van der Waals surface area contributed by atoms with E-state index in [0.29, 0.717) is 11.9 Å². The van der Waals surface area contributed by atoms with E-state index in [-0.39, 0.29) is 6.01 Å². The van der Waals surface area contributed by atoms with Gasteiger partial charge in [0.1, 0.15) is 0 Å². The van der Waals surface area contributed by atoms with Crippen LogP contribution in [-0.2, 0) is 6.42 Å². The summed E-state index contributed by atoms with van der Waals surface area (Å²) in [5, 5.41) is 7.37. The molecule has 0 atom stereocenters. The molecule has 2 rings (SSSR count). The van der Waals surface area contributed by atoms with Gasteiger partial charge in [-0.3, -0.25) is 0 Å². The van der Waals surface area contributed by atoms with E-state index in [2.05, 4.69) is 32.3 Å². The molecule has 2 aromatic rings. The average Bonchev–Trinajstić information content (AvgIpc) is 2.72. The van der Waals surface area contributed by atoms with Crippen LogP contribution >= 0.6 is 0 Å². The Morgan fingerprint density at radius 2 is 1.95 bits per heavy atom. The standard InChI is InChI=1S/C12H18N6O/c1-6-9-7(2)17-18(8(9)3)11-14-10(13-4)15-12(16-11)19-5/h6H2,1-5H3,(H,13,14,15,16). The van der Waals surface area contributed by atoms with Crippen molar-refractivity contribution in [3.05, 3.63) is 17.0 Å². The summed E-state index contributed by atoms with van der Waals surface area (Å²) in [7, 11) is 3.27. The van der Waals surface area contributed by atoms with Crippen LogP contribution in [0.2, 0.25) is 0 Å². The third-order valence-electron chi connectivity index (χ3n) is 2.99. The molecule has 0 aromatic carbocycles. The molecule has 0 radical (unpaired) electrons. The van der Waals surface area contributed by atoms with Gasteiger partial charge in [-0.1, -0.05) is 6.92 Å². The summed E-state index contributed by atoms with van der Waals surface area (Å²) in [6, 6.07) is 0.264. The highest BCUT2D eigenvalue weighted by atomic mass is 16.5. The van der Waals surface area contributed by atoms with Crippen molar-refractivity contribution in [3.8, 4) is 12.0 Å². The number of nitrogens with one attached hydrogen (secondary N) is 1. The van der Waals surface area contributed by atoms with E-state index < -0.39 is 0 Å². The fraction of sp³-hybridized carbons (Fsp3) is 0.500. The first-order valence-corrected chi connectivity index (χ1v) is 6.14. The lowest BCUT2D eigenvalue weighted by Crippen LogP contribution is -2.10. The minimum Gasteiger partial charge on any atom is -0.467 e. The Morgan fingerprint density at radius 1 is 1.21 bits per heavy atom. The van der Waals surface area contributed by atoms with Gasteiger partial charge < -0.3 is 10.1 Å². The van der Waals surface area contributed by atoms with E-state index in [0.717, 1.165) is 17.8 Å². The number of methoxy groups -OCH3 is 1. The maximum Gasteiger partial charge on any atom is 0.322 e. The van der Waals surface area contributed by atoms with Gasteiger partial charge in [0.2, 0.25) is 5.95 Å². The molecule has 0 saturated heterocycles. The highest BCUT2D eigenvalue weighted by Crippen LogP contribution is 2.18. The number of nitrogens with zero attached hydrogens (tertiary/aromatic N) is 5. The highest BCUT2D eigenvalue weighted by molar-refractivity contribution is 5.33. The van der Waals surface area contributed by atoms with Crippen LogP contribution in [0.25, 0.3) is 5.95 Å². The maximum atomic E-state index is 5.08. The van der Waals surface area contributed by atoms with Gasteiger partial charge in [-0.2, -0.15) is 20.1 Å². The van der Waals surface area contributed by atoms with Gasteiger partial charge >= 0.3 is 6.01 Å². The van der Waals surface area contributed by atoms with E-state index >= 15 is 0 Å². The molecule has 0 spiro atoms. The summed E-state index contributed by atoms with van der Waals surface area (Å²) in [5.41, 5.74) is 3.24. The zero-order valence-electron chi connectivity index (χ0n) is 11.9. The van der Waals surface area contributed by atoms with Gasteiger partial charge in [-0.15, -0.1) is 0 Å². The minimum absolute atomic E-state index is 0.264. The third kappa shape index (κ3) is 2.35. The number of rotatable bonds is 4. The van der Waals surface area contributed by atoms with Crippen molar-refractivity contribution in [2.24, 2.45) is 0 Å². The maximum absolute atomic E-state index is 5.08. The number of anilines is 1. The number of hydrogen-bond donors (Lipinski definition) is 1. The Labute approximate surface area is 112 Å². The van der Waals surface area contributed by atoms with Crippen LogP contribution in [0.15, 0.2) is 0 Å². The molecule has 2 aromatic heterocycles. The van der Waals surface area contributed by atoms with Crippen molar-refractivity contribution >= 4 is 5.95 Å². The Kier molecular flexibility index (Phi) is 3.64. The van der Waals surface area contributed by atoms with Crippen LogP contribution in [0.5, 0.6) is 6.01 Å². The van der Waals surface area contributed by atoms with Crippen LogP contribution in [-0.4, -0.2) is 38.9 Å². The summed E-state index contributed by atoms with van der Waals surface area (Å²) in [4.78, 5) is 12.6. The second-order valence-corrected chi connectivity index (χ2v) is 4.11. The molecular weight excluding hydrogens is 244 g/mol. The van der Waals surface area contributed by atoms with Crippen LogP contribution in [0.4, 0.5) is 5.95 Å². The Balaban J connectivity index is 2.58. The Hall–Kier alpha value is -2.18. The minimum atomic E-state index is 0.264. The van der Waals surface area contributed by atoms with Crippen molar-refractivity contribution in [2.45, 2.75) is 27.2 Å². The zero-order chi connectivity index (χ0) is 14.0. The quantitative estimate of drug-likeness (QED) is 0.894. The molecule has 7 heteroatoms. The average molecular weight is 262 g/mol. The SMILES string of the molecule is CCc1c(C)nn(-c2nc(NC)nc(OC)n2)c1C. The molecule has 0 aliphatic heterocycles. The van der Waals surface area contributed by atoms with E-state index in [1.54, 1.807) is 11.7 Å². The van der Waals surface area contributed by atoms with E-state index in [4.69, 9.17) is 4.74 Å². The largest absolute Gasteiger partial charge is 0.467 e. The predicted octanol–water partition coefficient (Wildman–Crippen LogP) is 1.29. The van der Waals surface area contributed by atoms with Gasteiger partial charge in [0.15, 0.2) is 0 Å². The van der Waals surface area contributed by atoms with Crippen molar-refractivity contribution in [2.75, 3.05) is 19.5 Å². The molecule has 7 nitrogen and oxygen atoms in total. The van der Waals surface area contributed by atoms with E-state index in [1.165, 1.54) is 12.7 Å². The van der Waals surface area contributed by atoms with Gasteiger partial charge in [0, 0.05) is 12.7 Å². The number of hydrogen-bond acceptors (Lipinski definition) is 6. The molecule has 0 bridgehead atoms. The molecule has 0 aliphatic carbocycles. The van der Waals surface area contributed by atoms with Crippen molar-refractivity contribution in [1.82, 2.24) is 24.7 Å². The van der Waals surface area contributed by atoms with Gasteiger partial charge in [-0.25, -0.2) is 4.68 Å². The lowest BCUT2D eigenvalue weighted by Gasteiger charge is -2.07. The Morgan fingerprint density at radius 3 is 2.47 bits per heavy atom. The molecule has 1 N–H and O–H groups in total. The first kappa shape index (κ1) is 13.3. The first-order valence-electron chi connectivity index (χ1n) is 6.14. The van der Waals surface area contributed by atoms with Crippen LogP contribution in [0.1, 0.15) is 23.9 Å². The monoisotopic (exact) mass is 262 g/mol. The third-order valence-corrected chi connectivity index (χ3v) is 2.99. The van der Waals surface area contributed by atoms with Crippen molar-refractivity contribution < 1.29 is 4.74 Å². The van der Waals surface area contributed by atoms with Crippen LogP contribution in [0.3, 0.4) is 0 Å². The van der Waals surface area contributed by atoms with Gasteiger partial charge in [-0.05, 0) is 25.8 Å². The summed E-state index contributed by atoms with van der Waals surface area (Å²) >= 11 is 0. The lowest BCUT2D eigenvalue weighted by atomic mass is 10.1. The summed E-state index contributed by atoms with van der Waals surface area (Å²) < 4.78 is 6.80. The lowest BCUT2D eigenvalue weighted by molar-refractivity contribution is 0.377. The molecule has 2 heterocycles. The molecule has 0 unspecified atom stereocenters. The number of ether oxygens (including phenoxy) is 1. The molecular formula is C12H18N6O. The first-order chi connectivity index (χ1) is 9.10. The zero-order valence-corrected chi connectivity index (χ0v) is 11.9. The fourth-order valence-electron chi connectivity index (χ4n) is 2.03. The predicted molar refractivity (Wildman–Crippen MR) is 71.9 cm³/mol. The normalized spacial score (nSPS) is 10.6. The van der Waals surface area contributed by atoms with E-state index in [9.17, 15) is 0 Å².